The number of nitrogens with one attached hydrogen (secondary N) is 1. The zero-order chi connectivity index (χ0) is 17.8. The predicted octanol–water partition coefficient (Wildman–Crippen LogP) is 1.17. The van der Waals surface area contributed by atoms with E-state index in [1.54, 1.807) is 19.1 Å². The van der Waals surface area contributed by atoms with Crippen LogP contribution >= 0.6 is 0 Å². The summed E-state index contributed by atoms with van der Waals surface area (Å²) in [5.41, 5.74) is 0.659. The van der Waals surface area contributed by atoms with Gasteiger partial charge in [0.25, 0.3) is 5.91 Å². The summed E-state index contributed by atoms with van der Waals surface area (Å²) in [7, 11) is 0. The van der Waals surface area contributed by atoms with E-state index in [4.69, 9.17) is 4.74 Å². The van der Waals surface area contributed by atoms with Gasteiger partial charge in [0.1, 0.15) is 11.6 Å². The molecule has 3 rings (SSSR count). The van der Waals surface area contributed by atoms with E-state index >= 15 is 0 Å². The molecule has 2 heterocycles. The highest BCUT2D eigenvalue weighted by atomic mass is 19.1. The van der Waals surface area contributed by atoms with E-state index in [1.807, 2.05) is 6.92 Å². The molecular weight excluding hydrogens is 325 g/mol. The Balaban J connectivity index is 1.64. The normalized spacial score (nSPS) is 16.6. The van der Waals surface area contributed by atoms with E-state index in [1.165, 1.54) is 16.8 Å². The lowest BCUT2D eigenvalue weighted by Crippen LogP contribution is -2.46. The number of carbonyl (C=O) groups excluding carboxylic acids is 1. The summed E-state index contributed by atoms with van der Waals surface area (Å²) < 4.78 is 19.9. The van der Waals surface area contributed by atoms with Gasteiger partial charge in [0.15, 0.2) is 0 Å². The van der Waals surface area contributed by atoms with Crippen LogP contribution in [-0.4, -0.2) is 64.5 Å². The number of benzene rings is 1. The van der Waals surface area contributed by atoms with Crippen LogP contribution in [0.5, 0.6) is 0 Å². The molecule has 25 heavy (non-hydrogen) atoms. The maximum Gasteiger partial charge on any atom is 0.291 e. The summed E-state index contributed by atoms with van der Waals surface area (Å²) in [6.07, 6.45) is 0. The van der Waals surface area contributed by atoms with Crippen molar-refractivity contribution in [3.63, 3.8) is 0 Å². The van der Waals surface area contributed by atoms with Crippen LogP contribution in [0.3, 0.4) is 0 Å². The summed E-state index contributed by atoms with van der Waals surface area (Å²) in [5, 5.41) is 7.17. The summed E-state index contributed by atoms with van der Waals surface area (Å²) in [4.78, 5) is 18.9. The lowest BCUT2D eigenvalue weighted by molar-refractivity contribution is 0.0342. The Morgan fingerprint density at radius 1 is 1.32 bits per heavy atom. The van der Waals surface area contributed by atoms with Gasteiger partial charge in [0.2, 0.25) is 5.82 Å². The number of halogens is 1. The number of hydrogen-bond acceptors (Lipinski definition) is 5. The smallest absolute Gasteiger partial charge is 0.291 e. The molecule has 8 heteroatoms. The van der Waals surface area contributed by atoms with Crippen molar-refractivity contribution in [1.82, 2.24) is 25.0 Å². The van der Waals surface area contributed by atoms with Crippen LogP contribution < -0.4 is 5.32 Å². The molecule has 0 bridgehead atoms. The molecule has 1 aliphatic heterocycles. The molecule has 1 atom stereocenters. The third-order valence-corrected chi connectivity index (χ3v) is 4.06. The highest BCUT2D eigenvalue weighted by Crippen LogP contribution is 2.10. The molecule has 1 aromatic heterocycles. The van der Waals surface area contributed by atoms with Crippen molar-refractivity contribution >= 4 is 5.91 Å². The van der Waals surface area contributed by atoms with Gasteiger partial charge in [-0.15, -0.1) is 5.10 Å². The molecule has 1 saturated heterocycles. The Morgan fingerprint density at radius 2 is 2.00 bits per heavy atom. The number of aryl methyl sites for hydroxylation is 1. The van der Waals surface area contributed by atoms with Crippen LogP contribution in [0.15, 0.2) is 24.3 Å². The SMILES string of the molecule is Cc1nc(C(=O)NC(C)CN2CCOCC2)nn1-c1ccc(F)cc1. The van der Waals surface area contributed by atoms with Gasteiger partial charge in [-0.25, -0.2) is 14.1 Å². The first-order valence-corrected chi connectivity index (χ1v) is 8.33. The maximum absolute atomic E-state index is 13.1. The molecule has 2 aromatic rings. The monoisotopic (exact) mass is 347 g/mol. The van der Waals surface area contributed by atoms with E-state index in [2.05, 4.69) is 20.3 Å². The van der Waals surface area contributed by atoms with Gasteiger partial charge in [-0.05, 0) is 38.1 Å². The fraction of sp³-hybridized carbons (Fsp3) is 0.471. The van der Waals surface area contributed by atoms with E-state index in [-0.39, 0.29) is 23.6 Å². The van der Waals surface area contributed by atoms with Crippen molar-refractivity contribution < 1.29 is 13.9 Å². The second kappa shape index (κ2) is 7.71. The summed E-state index contributed by atoms with van der Waals surface area (Å²) in [6, 6.07) is 5.87. The molecule has 134 valence electrons. The van der Waals surface area contributed by atoms with Crippen LogP contribution in [0.25, 0.3) is 5.69 Å². The fourth-order valence-electron chi connectivity index (χ4n) is 2.82. The predicted molar refractivity (Wildman–Crippen MR) is 90.2 cm³/mol. The number of amides is 1. The van der Waals surface area contributed by atoms with Crippen molar-refractivity contribution in [3.05, 3.63) is 41.7 Å². The molecule has 0 saturated carbocycles. The molecule has 0 spiro atoms. The zero-order valence-corrected chi connectivity index (χ0v) is 14.4. The number of morpholine rings is 1. The number of nitrogens with zero attached hydrogens (tertiary/aromatic N) is 4. The van der Waals surface area contributed by atoms with E-state index in [9.17, 15) is 9.18 Å². The largest absolute Gasteiger partial charge is 0.379 e. The molecule has 0 aliphatic carbocycles. The van der Waals surface area contributed by atoms with Crippen LogP contribution in [0.2, 0.25) is 0 Å². The Kier molecular flexibility index (Phi) is 5.40. The topological polar surface area (TPSA) is 72.3 Å². The lowest BCUT2D eigenvalue weighted by atomic mass is 10.3. The average molecular weight is 347 g/mol. The second-order valence-electron chi connectivity index (χ2n) is 6.16. The van der Waals surface area contributed by atoms with Gasteiger partial charge in [-0.3, -0.25) is 9.69 Å². The van der Waals surface area contributed by atoms with E-state index in [0.717, 1.165) is 32.8 Å². The number of carbonyl (C=O) groups is 1. The van der Waals surface area contributed by atoms with Crippen LogP contribution in [0.1, 0.15) is 23.4 Å². The molecule has 1 aliphatic rings. The Morgan fingerprint density at radius 3 is 2.68 bits per heavy atom. The Labute approximate surface area is 145 Å². The highest BCUT2D eigenvalue weighted by Gasteiger charge is 2.19. The van der Waals surface area contributed by atoms with Crippen molar-refractivity contribution in [2.24, 2.45) is 0 Å². The molecule has 1 unspecified atom stereocenters. The van der Waals surface area contributed by atoms with Crippen molar-refractivity contribution in [3.8, 4) is 5.69 Å². The minimum Gasteiger partial charge on any atom is -0.379 e. The molecule has 7 nitrogen and oxygen atoms in total. The molecular formula is C17H22FN5O2. The van der Waals surface area contributed by atoms with Crippen molar-refractivity contribution in [2.75, 3.05) is 32.8 Å². The molecule has 0 radical (unpaired) electrons. The van der Waals surface area contributed by atoms with Crippen LogP contribution in [0.4, 0.5) is 4.39 Å². The second-order valence-corrected chi connectivity index (χ2v) is 6.16. The summed E-state index contributed by atoms with van der Waals surface area (Å²) >= 11 is 0. The molecule has 1 aromatic carbocycles. The lowest BCUT2D eigenvalue weighted by Gasteiger charge is -2.29. The number of hydrogen-bond donors (Lipinski definition) is 1. The first kappa shape index (κ1) is 17.5. The number of aromatic nitrogens is 3. The van der Waals surface area contributed by atoms with E-state index in [0.29, 0.717) is 11.5 Å². The van der Waals surface area contributed by atoms with Gasteiger partial charge in [0.05, 0.1) is 18.9 Å². The Bertz CT molecular complexity index is 725. The fourth-order valence-corrected chi connectivity index (χ4v) is 2.82. The molecule has 1 amide bonds. The quantitative estimate of drug-likeness (QED) is 0.879. The molecule has 1 fully saturated rings. The van der Waals surface area contributed by atoms with Gasteiger partial charge in [-0.2, -0.15) is 0 Å². The minimum absolute atomic E-state index is 0.0244. The number of rotatable bonds is 5. The van der Waals surface area contributed by atoms with Crippen molar-refractivity contribution in [1.29, 1.82) is 0 Å². The Hall–Kier alpha value is -2.32. The van der Waals surface area contributed by atoms with Gasteiger partial charge >= 0.3 is 0 Å². The first-order valence-electron chi connectivity index (χ1n) is 8.33. The van der Waals surface area contributed by atoms with Gasteiger partial charge in [-0.1, -0.05) is 0 Å². The highest BCUT2D eigenvalue weighted by molar-refractivity contribution is 5.90. The maximum atomic E-state index is 13.1. The van der Waals surface area contributed by atoms with Crippen molar-refractivity contribution in [2.45, 2.75) is 19.9 Å². The molecule has 1 N–H and O–H groups in total. The van der Waals surface area contributed by atoms with Crippen LogP contribution in [0, 0.1) is 12.7 Å². The third-order valence-electron chi connectivity index (χ3n) is 4.06. The number of ether oxygens (including phenoxy) is 1. The van der Waals surface area contributed by atoms with Gasteiger partial charge < -0.3 is 10.1 Å². The summed E-state index contributed by atoms with van der Waals surface area (Å²) in [5.74, 6) is 0.0365. The minimum atomic E-state index is -0.323. The van der Waals surface area contributed by atoms with Crippen LogP contribution in [-0.2, 0) is 4.74 Å². The van der Waals surface area contributed by atoms with Gasteiger partial charge in [0, 0.05) is 25.7 Å². The summed E-state index contributed by atoms with van der Waals surface area (Å²) in [6.45, 7) is 7.66. The van der Waals surface area contributed by atoms with E-state index < -0.39 is 0 Å². The first-order chi connectivity index (χ1) is 12.0. The average Bonchev–Trinajstić information content (AvgIpc) is 2.98. The third kappa shape index (κ3) is 4.40. The zero-order valence-electron chi connectivity index (χ0n) is 14.4. The standard InChI is InChI=1S/C17H22FN5O2/c1-12(11-22-7-9-25-10-8-22)19-17(24)16-20-13(2)23(21-16)15-5-3-14(18)4-6-15/h3-6,12H,7-11H2,1-2H3,(H,19,24).